The second kappa shape index (κ2) is 9.97. The molecule has 1 aliphatic carbocycles. The number of aliphatic hydroxyl groups excluding tert-OH is 2. The molecule has 0 amide bonds. The number of aliphatic carboxylic acids is 1. The van der Waals surface area contributed by atoms with Crippen molar-refractivity contribution >= 4 is 5.97 Å². The summed E-state index contributed by atoms with van der Waals surface area (Å²) in [6.07, 6.45) is 12.9. The molecule has 0 aromatic carbocycles. The van der Waals surface area contributed by atoms with E-state index in [1.165, 1.54) is 25.7 Å². The van der Waals surface area contributed by atoms with Crippen LogP contribution in [0.3, 0.4) is 0 Å². The van der Waals surface area contributed by atoms with Crippen LogP contribution in [0.1, 0.15) is 64.7 Å². The summed E-state index contributed by atoms with van der Waals surface area (Å²) in [6.45, 7) is 2.21. The molecule has 1 saturated carbocycles. The minimum absolute atomic E-state index is 0.0559. The van der Waals surface area contributed by atoms with Crippen LogP contribution in [0.25, 0.3) is 0 Å². The molecule has 1 saturated heterocycles. The Kier molecular flexibility index (Phi) is 7.97. The first-order valence-electron chi connectivity index (χ1n) is 9.64. The lowest BCUT2D eigenvalue weighted by Crippen LogP contribution is -2.18. The zero-order valence-corrected chi connectivity index (χ0v) is 15.1. The maximum atomic E-state index is 10.6. The smallest absolute Gasteiger partial charge is 0.332 e. The molecule has 0 radical (unpaired) electrons. The van der Waals surface area contributed by atoms with E-state index in [2.05, 4.69) is 19.1 Å². The van der Waals surface area contributed by atoms with Crippen LogP contribution in [0.15, 0.2) is 24.0 Å². The minimum Gasteiger partial charge on any atom is -0.495 e. The number of carboxylic acid groups (broad SMARTS) is 1. The van der Waals surface area contributed by atoms with Gasteiger partial charge in [0.2, 0.25) is 0 Å². The van der Waals surface area contributed by atoms with Crippen LogP contribution in [0.5, 0.6) is 0 Å². The van der Waals surface area contributed by atoms with Gasteiger partial charge < -0.3 is 20.1 Å². The van der Waals surface area contributed by atoms with Crippen LogP contribution < -0.4 is 0 Å². The summed E-state index contributed by atoms with van der Waals surface area (Å²) in [5.41, 5.74) is 0. The van der Waals surface area contributed by atoms with Crippen molar-refractivity contribution < 1.29 is 24.9 Å². The molecule has 1 heterocycles. The van der Waals surface area contributed by atoms with Crippen molar-refractivity contribution in [2.24, 2.45) is 11.8 Å². The van der Waals surface area contributed by atoms with Crippen LogP contribution in [0, 0.1) is 11.8 Å². The first-order chi connectivity index (χ1) is 12.0. The van der Waals surface area contributed by atoms with E-state index in [0.717, 1.165) is 18.6 Å². The van der Waals surface area contributed by atoms with Gasteiger partial charge in [-0.2, -0.15) is 0 Å². The van der Waals surface area contributed by atoms with Gasteiger partial charge in [0.25, 0.3) is 0 Å². The van der Waals surface area contributed by atoms with Crippen molar-refractivity contribution in [3.8, 4) is 0 Å². The molecule has 2 fully saturated rings. The fraction of sp³-hybridized carbons (Fsp3) is 0.750. The van der Waals surface area contributed by atoms with Crippen LogP contribution in [-0.2, 0) is 9.53 Å². The number of allylic oxidation sites excluding steroid dienone is 3. The Morgan fingerprint density at radius 1 is 1.32 bits per heavy atom. The van der Waals surface area contributed by atoms with Gasteiger partial charge in [-0.05, 0) is 31.8 Å². The monoisotopic (exact) mass is 352 g/mol. The highest BCUT2D eigenvalue weighted by Crippen LogP contribution is 2.45. The van der Waals surface area contributed by atoms with Crippen molar-refractivity contribution in [3.05, 3.63) is 24.0 Å². The zero-order valence-electron chi connectivity index (χ0n) is 15.1. The van der Waals surface area contributed by atoms with Crippen LogP contribution in [-0.4, -0.2) is 39.6 Å². The molecule has 2 aliphatic rings. The van der Waals surface area contributed by atoms with E-state index < -0.39 is 12.1 Å². The lowest BCUT2D eigenvalue weighted by Gasteiger charge is -2.15. The second-order valence-electron chi connectivity index (χ2n) is 7.28. The predicted molar refractivity (Wildman–Crippen MR) is 96.0 cm³/mol. The zero-order chi connectivity index (χ0) is 18.2. The van der Waals surface area contributed by atoms with Crippen molar-refractivity contribution in [1.29, 1.82) is 0 Å². The Morgan fingerprint density at radius 3 is 2.84 bits per heavy atom. The molecular weight excluding hydrogens is 320 g/mol. The van der Waals surface area contributed by atoms with E-state index in [9.17, 15) is 15.0 Å². The summed E-state index contributed by atoms with van der Waals surface area (Å²) >= 11 is 0. The van der Waals surface area contributed by atoms with Gasteiger partial charge in [0.15, 0.2) is 6.10 Å². The van der Waals surface area contributed by atoms with Crippen molar-refractivity contribution in [3.63, 3.8) is 0 Å². The average molecular weight is 352 g/mol. The maximum Gasteiger partial charge on any atom is 0.332 e. The first-order valence-corrected chi connectivity index (χ1v) is 9.64. The van der Waals surface area contributed by atoms with Crippen LogP contribution >= 0.6 is 0 Å². The number of ether oxygens (including phenoxy) is 1. The number of rotatable bonds is 10. The van der Waals surface area contributed by atoms with E-state index in [0.29, 0.717) is 18.8 Å². The third-order valence-corrected chi connectivity index (χ3v) is 5.31. The maximum absolute atomic E-state index is 10.6. The molecule has 3 N–H and O–H groups in total. The molecule has 0 aromatic rings. The summed E-state index contributed by atoms with van der Waals surface area (Å²) in [4.78, 5) is 10.6. The number of aliphatic hydroxyl groups is 2. The van der Waals surface area contributed by atoms with E-state index in [-0.39, 0.29) is 24.5 Å². The van der Waals surface area contributed by atoms with Gasteiger partial charge in [-0.25, -0.2) is 4.79 Å². The lowest BCUT2D eigenvalue weighted by atomic mass is 9.90. The van der Waals surface area contributed by atoms with Gasteiger partial charge in [0.1, 0.15) is 6.10 Å². The molecule has 1 aliphatic heterocycles. The van der Waals surface area contributed by atoms with Crippen molar-refractivity contribution in [1.82, 2.24) is 0 Å². The SMILES string of the molecule is CCCCCC/C=C/[C@@H]1[C@H]2C/C(=C/CC[C@H](O)C(=O)O)O[C@H]2C[C@H]1O. The molecule has 5 atom stereocenters. The summed E-state index contributed by atoms with van der Waals surface area (Å²) in [6, 6.07) is 0. The molecule has 0 aromatic heterocycles. The summed E-state index contributed by atoms with van der Waals surface area (Å²) in [7, 11) is 0. The molecule has 2 rings (SSSR count). The fourth-order valence-corrected chi connectivity index (χ4v) is 3.85. The second-order valence-corrected chi connectivity index (χ2v) is 7.28. The molecule has 25 heavy (non-hydrogen) atoms. The molecule has 5 nitrogen and oxygen atoms in total. The molecule has 0 spiro atoms. The molecule has 0 bridgehead atoms. The highest BCUT2D eigenvalue weighted by molar-refractivity contribution is 5.71. The first kappa shape index (κ1) is 20.0. The number of carbonyl (C=O) groups is 1. The van der Waals surface area contributed by atoms with E-state index in [4.69, 9.17) is 9.84 Å². The summed E-state index contributed by atoms with van der Waals surface area (Å²) in [5, 5.41) is 28.3. The largest absolute Gasteiger partial charge is 0.495 e. The third-order valence-electron chi connectivity index (χ3n) is 5.31. The number of carboxylic acids is 1. The van der Waals surface area contributed by atoms with E-state index in [1.54, 1.807) is 0 Å². The van der Waals surface area contributed by atoms with Crippen LogP contribution in [0.4, 0.5) is 0 Å². The van der Waals surface area contributed by atoms with Gasteiger partial charge in [0, 0.05) is 24.7 Å². The Labute approximate surface area is 150 Å². The number of hydrogen-bond acceptors (Lipinski definition) is 4. The number of hydrogen-bond donors (Lipinski definition) is 3. The highest BCUT2D eigenvalue weighted by atomic mass is 16.5. The molecule has 5 heteroatoms. The molecule has 142 valence electrons. The molecular formula is C20H32O5. The fourth-order valence-electron chi connectivity index (χ4n) is 3.85. The summed E-state index contributed by atoms with van der Waals surface area (Å²) in [5.74, 6) is 0.139. The van der Waals surface area contributed by atoms with Crippen molar-refractivity contribution in [2.45, 2.75) is 83.0 Å². The summed E-state index contributed by atoms with van der Waals surface area (Å²) < 4.78 is 5.93. The number of unbranched alkanes of at least 4 members (excludes halogenated alkanes) is 4. The Balaban J connectivity index is 1.79. The Hall–Kier alpha value is -1.33. The van der Waals surface area contributed by atoms with Gasteiger partial charge in [-0.3, -0.25) is 0 Å². The van der Waals surface area contributed by atoms with Gasteiger partial charge >= 0.3 is 5.97 Å². The standard InChI is InChI=1S/C20H32O5/c1-2-3-4-5-6-7-10-15-16-12-14(25-19(16)13-18(15)22)9-8-11-17(21)20(23)24/h7,9-10,15-19,21-22H,2-6,8,11-13H2,1H3,(H,23,24)/b10-7+,14-9-/t15-,16-,17+,18-,19+/m1/s1. The predicted octanol–water partition coefficient (Wildman–Crippen LogP) is 3.41. The average Bonchev–Trinajstić information content (AvgIpc) is 3.08. The quantitative estimate of drug-likeness (QED) is 0.414. The highest BCUT2D eigenvalue weighted by Gasteiger charge is 2.46. The minimum atomic E-state index is -1.32. The topological polar surface area (TPSA) is 87.0 Å². The molecule has 0 unspecified atom stereocenters. The lowest BCUT2D eigenvalue weighted by molar-refractivity contribution is -0.146. The Bertz CT molecular complexity index is 484. The normalized spacial score (nSPS) is 31.4. The van der Waals surface area contributed by atoms with Gasteiger partial charge in [-0.1, -0.05) is 38.3 Å². The number of fused-ring (bicyclic) bond motifs is 1. The van der Waals surface area contributed by atoms with E-state index in [1.807, 2.05) is 6.08 Å². The van der Waals surface area contributed by atoms with Crippen molar-refractivity contribution in [2.75, 3.05) is 0 Å². The van der Waals surface area contributed by atoms with E-state index >= 15 is 0 Å². The van der Waals surface area contributed by atoms with Gasteiger partial charge in [0.05, 0.1) is 11.9 Å². The Morgan fingerprint density at radius 2 is 2.12 bits per heavy atom. The van der Waals surface area contributed by atoms with Gasteiger partial charge in [-0.15, -0.1) is 0 Å². The third kappa shape index (κ3) is 5.86. The van der Waals surface area contributed by atoms with Crippen LogP contribution in [0.2, 0.25) is 0 Å².